The van der Waals surface area contributed by atoms with Crippen LogP contribution in [0.2, 0.25) is 0 Å². The highest BCUT2D eigenvalue weighted by Crippen LogP contribution is 2.49. The van der Waals surface area contributed by atoms with E-state index in [0.717, 1.165) is 40.1 Å². The van der Waals surface area contributed by atoms with Crippen LogP contribution in [0.3, 0.4) is 0 Å². The first-order chi connectivity index (χ1) is 22.4. The van der Waals surface area contributed by atoms with Crippen LogP contribution in [-0.2, 0) is 12.8 Å². The molecule has 11 heteroatoms. The fourth-order valence-electron chi connectivity index (χ4n) is 7.09. The molecule has 2 aromatic carbocycles. The van der Waals surface area contributed by atoms with E-state index in [2.05, 4.69) is 15.5 Å². The Bertz CT molecular complexity index is 2000. The van der Waals surface area contributed by atoms with E-state index < -0.39 is 6.10 Å². The second kappa shape index (κ2) is 11.3. The monoisotopic (exact) mass is 635 g/mol. The number of aliphatic hydroxyl groups excluding tert-OH is 1. The molecule has 9 nitrogen and oxygen atoms in total. The van der Waals surface area contributed by atoms with E-state index in [4.69, 9.17) is 9.40 Å². The average Bonchev–Trinajstić information content (AvgIpc) is 3.89. The molecule has 1 saturated heterocycles. The van der Waals surface area contributed by atoms with Gasteiger partial charge in [-0.1, -0.05) is 36.4 Å². The van der Waals surface area contributed by atoms with Crippen molar-refractivity contribution in [3.05, 3.63) is 111 Å². The number of fused-ring (bicyclic) bond motifs is 4. The number of nitrogens with zero attached hydrogens (tertiary/aromatic N) is 4. The quantitative estimate of drug-likeness (QED) is 0.216. The predicted molar refractivity (Wildman–Crippen MR) is 169 cm³/mol. The van der Waals surface area contributed by atoms with E-state index in [-0.39, 0.29) is 35.6 Å². The minimum atomic E-state index is -0.631. The molecule has 5 aromatic rings. The van der Waals surface area contributed by atoms with Gasteiger partial charge in [0.05, 0.1) is 45.6 Å². The van der Waals surface area contributed by atoms with Gasteiger partial charge in [-0.2, -0.15) is 0 Å². The van der Waals surface area contributed by atoms with E-state index in [9.17, 15) is 19.1 Å². The Labute approximate surface area is 268 Å². The maximum atomic E-state index is 14.0. The van der Waals surface area contributed by atoms with Gasteiger partial charge in [0.15, 0.2) is 0 Å². The molecule has 1 fully saturated rings. The van der Waals surface area contributed by atoms with Gasteiger partial charge in [0, 0.05) is 30.3 Å². The Morgan fingerprint density at radius 3 is 2.63 bits per heavy atom. The van der Waals surface area contributed by atoms with Crippen molar-refractivity contribution in [2.24, 2.45) is 0 Å². The summed E-state index contributed by atoms with van der Waals surface area (Å²) in [6.07, 6.45) is 2.59. The van der Waals surface area contributed by atoms with Gasteiger partial charge >= 0.3 is 0 Å². The number of benzene rings is 2. The largest absolute Gasteiger partial charge is 0.421 e. The van der Waals surface area contributed by atoms with Crippen LogP contribution in [0.15, 0.2) is 65.1 Å². The van der Waals surface area contributed by atoms with E-state index >= 15 is 0 Å². The molecular formula is C35H30FN5O4S. The number of amides is 2. The standard InChI is InChI=1S/C35H30FN5O4S/c1-18-39-40-34(45-18)29-23(13-10-19-8-11-20(36)12-9-19)37-32-25-7-4-16-41(25)35(44)31(32)30(29)27-14-15-28(46-27)33(43)38-24-17-26(42)22-6-3-2-5-21(22)24/h2-3,5-6,8-9,11-12,14-15,24-26,42H,4,7,10,13,16-17H2,1H3,(H,38,43). The van der Waals surface area contributed by atoms with Crippen LogP contribution in [-0.4, -0.2) is 43.5 Å². The van der Waals surface area contributed by atoms with Gasteiger partial charge in [0.1, 0.15) is 5.82 Å². The Kier molecular flexibility index (Phi) is 7.02. The molecule has 8 rings (SSSR count). The zero-order valence-corrected chi connectivity index (χ0v) is 25.8. The molecule has 232 valence electrons. The number of rotatable bonds is 7. The molecule has 2 aliphatic heterocycles. The molecule has 2 N–H and O–H groups in total. The van der Waals surface area contributed by atoms with Crippen LogP contribution >= 0.6 is 11.3 Å². The molecule has 1 aliphatic carbocycles. The van der Waals surface area contributed by atoms with E-state index in [1.54, 1.807) is 25.1 Å². The van der Waals surface area contributed by atoms with Crippen LogP contribution in [0.5, 0.6) is 0 Å². The van der Waals surface area contributed by atoms with Crippen LogP contribution < -0.4 is 5.32 Å². The van der Waals surface area contributed by atoms with Crippen molar-refractivity contribution < 1.29 is 23.5 Å². The van der Waals surface area contributed by atoms with Crippen LogP contribution in [0.4, 0.5) is 4.39 Å². The third kappa shape index (κ3) is 4.81. The zero-order chi connectivity index (χ0) is 31.5. The van der Waals surface area contributed by atoms with Gasteiger partial charge in [-0.15, -0.1) is 21.5 Å². The number of aliphatic hydroxyl groups is 1. The van der Waals surface area contributed by atoms with Gasteiger partial charge in [-0.3, -0.25) is 14.6 Å². The Balaban J connectivity index is 1.22. The Morgan fingerprint density at radius 2 is 1.85 bits per heavy atom. The minimum Gasteiger partial charge on any atom is -0.421 e. The molecule has 3 atom stereocenters. The lowest BCUT2D eigenvalue weighted by atomic mass is 9.93. The maximum Gasteiger partial charge on any atom is 0.261 e. The van der Waals surface area contributed by atoms with Crippen molar-refractivity contribution in [3.63, 3.8) is 0 Å². The number of hydrogen-bond donors (Lipinski definition) is 2. The van der Waals surface area contributed by atoms with Crippen molar-refractivity contribution in [2.45, 2.75) is 57.2 Å². The highest BCUT2D eigenvalue weighted by atomic mass is 32.1. The summed E-state index contributed by atoms with van der Waals surface area (Å²) in [5.74, 6) is -0.00155. The highest BCUT2D eigenvalue weighted by molar-refractivity contribution is 7.17. The van der Waals surface area contributed by atoms with Crippen molar-refractivity contribution in [1.82, 2.24) is 25.4 Å². The van der Waals surface area contributed by atoms with Gasteiger partial charge in [-0.05, 0) is 66.6 Å². The number of halogens is 1. The first kappa shape index (κ1) is 28.7. The number of nitrogens with one attached hydrogen (secondary N) is 1. The predicted octanol–water partition coefficient (Wildman–Crippen LogP) is 6.29. The Morgan fingerprint density at radius 1 is 1.04 bits per heavy atom. The zero-order valence-electron chi connectivity index (χ0n) is 25.0. The molecule has 46 heavy (non-hydrogen) atoms. The van der Waals surface area contributed by atoms with E-state index in [1.165, 1.54) is 23.5 Å². The molecule has 5 heterocycles. The normalized spacial score (nSPS) is 19.8. The smallest absolute Gasteiger partial charge is 0.261 e. The molecule has 3 unspecified atom stereocenters. The molecule has 0 radical (unpaired) electrons. The van der Waals surface area contributed by atoms with Crippen LogP contribution in [0, 0.1) is 12.7 Å². The number of aromatic nitrogens is 3. The number of carbonyl (C=O) groups is 2. The molecule has 2 amide bonds. The summed E-state index contributed by atoms with van der Waals surface area (Å²) < 4.78 is 19.6. The van der Waals surface area contributed by atoms with Crippen molar-refractivity contribution in [2.75, 3.05) is 6.54 Å². The average molecular weight is 636 g/mol. The van der Waals surface area contributed by atoms with Gasteiger partial charge in [0.2, 0.25) is 11.8 Å². The second-order valence-corrected chi connectivity index (χ2v) is 13.1. The number of hydrogen-bond acceptors (Lipinski definition) is 8. The van der Waals surface area contributed by atoms with Gasteiger partial charge < -0.3 is 19.7 Å². The summed E-state index contributed by atoms with van der Waals surface area (Å²) in [6.45, 7) is 2.37. The SMILES string of the molecule is Cc1nnc(-c2c(CCc3ccc(F)cc3)nc3c(c2-c2ccc(C(=O)NC4CC(O)c5ccccc54)s2)C(=O)N2CCCC32)o1. The lowest BCUT2D eigenvalue weighted by Crippen LogP contribution is -2.26. The van der Waals surface area contributed by atoms with Crippen molar-refractivity contribution >= 4 is 23.2 Å². The van der Waals surface area contributed by atoms with Crippen molar-refractivity contribution in [3.8, 4) is 21.9 Å². The molecule has 0 bridgehead atoms. The summed E-state index contributed by atoms with van der Waals surface area (Å²) >= 11 is 1.29. The second-order valence-electron chi connectivity index (χ2n) is 12.0. The third-order valence-corrected chi connectivity index (χ3v) is 10.3. The van der Waals surface area contributed by atoms with Crippen molar-refractivity contribution in [1.29, 1.82) is 0 Å². The molecule has 0 spiro atoms. The van der Waals surface area contributed by atoms with E-state index in [0.29, 0.717) is 59.0 Å². The maximum absolute atomic E-state index is 14.0. The van der Waals surface area contributed by atoms with Gasteiger partial charge in [0.25, 0.3) is 11.8 Å². The molecular weight excluding hydrogens is 605 g/mol. The summed E-state index contributed by atoms with van der Waals surface area (Å²) in [6, 6.07) is 17.2. The molecule has 0 saturated carbocycles. The number of thiophene rings is 1. The number of carbonyl (C=O) groups excluding carboxylic acids is 2. The molecule has 3 aliphatic rings. The highest BCUT2D eigenvalue weighted by Gasteiger charge is 2.45. The van der Waals surface area contributed by atoms with E-state index in [1.807, 2.05) is 35.2 Å². The van der Waals surface area contributed by atoms with Crippen LogP contribution in [0.1, 0.15) is 91.4 Å². The summed E-state index contributed by atoms with van der Waals surface area (Å²) in [4.78, 5) is 35.8. The minimum absolute atomic E-state index is 0.0847. The number of aryl methyl sites for hydroxylation is 3. The Hall–Kier alpha value is -4.74. The topological polar surface area (TPSA) is 121 Å². The summed E-state index contributed by atoms with van der Waals surface area (Å²) in [5, 5.41) is 22.1. The number of pyridine rings is 1. The summed E-state index contributed by atoms with van der Waals surface area (Å²) in [7, 11) is 0. The summed E-state index contributed by atoms with van der Waals surface area (Å²) in [5.41, 5.74) is 5.89. The van der Waals surface area contributed by atoms with Crippen LogP contribution in [0.25, 0.3) is 21.9 Å². The first-order valence-corrected chi connectivity index (χ1v) is 16.3. The van der Waals surface area contributed by atoms with Gasteiger partial charge in [-0.25, -0.2) is 4.39 Å². The first-order valence-electron chi connectivity index (χ1n) is 15.5. The lowest BCUT2D eigenvalue weighted by Gasteiger charge is -2.16. The molecule has 3 aromatic heterocycles. The lowest BCUT2D eigenvalue weighted by molar-refractivity contribution is 0.0775. The fraction of sp³-hybridized carbons (Fsp3) is 0.286. The fourth-order valence-corrected chi connectivity index (χ4v) is 8.06. The third-order valence-electron chi connectivity index (χ3n) is 9.22.